The Balaban J connectivity index is 1.50. The maximum absolute atomic E-state index is 12.0. The lowest BCUT2D eigenvalue weighted by Crippen LogP contribution is -2.31. The molecule has 0 bridgehead atoms. The zero-order valence-electron chi connectivity index (χ0n) is 12.7. The van der Waals surface area contributed by atoms with Gasteiger partial charge in [-0.1, -0.05) is 18.2 Å². The molecule has 0 saturated carbocycles. The number of amides is 1. The molecule has 2 aromatic rings. The van der Waals surface area contributed by atoms with Gasteiger partial charge in [-0.2, -0.15) is 0 Å². The highest BCUT2D eigenvalue weighted by Crippen LogP contribution is 2.29. The Morgan fingerprint density at radius 1 is 1.50 bits per heavy atom. The number of carbonyl (C=O) groups is 1. The maximum Gasteiger partial charge on any atom is 0.246 e. The SMILES string of the molecule is CC(NC(=O)COCC1CCCO1)c1csc2ccccc12. The lowest BCUT2D eigenvalue weighted by Gasteiger charge is -2.14. The van der Waals surface area contributed by atoms with Gasteiger partial charge in [0.2, 0.25) is 5.91 Å². The zero-order valence-corrected chi connectivity index (χ0v) is 13.5. The molecule has 1 fully saturated rings. The smallest absolute Gasteiger partial charge is 0.246 e. The van der Waals surface area contributed by atoms with Gasteiger partial charge in [-0.3, -0.25) is 4.79 Å². The molecule has 118 valence electrons. The van der Waals surface area contributed by atoms with E-state index in [1.165, 1.54) is 10.1 Å². The molecule has 1 aliphatic heterocycles. The summed E-state index contributed by atoms with van der Waals surface area (Å²) in [7, 11) is 0. The second-order valence-electron chi connectivity index (χ2n) is 5.63. The number of carbonyl (C=O) groups excluding carboxylic acids is 1. The van der Waals surface area contributed by atoms with Crippen molar-refractivity contribution in [1.29, 1.82) is 0 Å². The second kappa shape index (κ2) is 7.22. The number of hydrogen-bond acceptors (Lipinski definition) is 4. The van der Waals surface area contributed by atoms with Crippen molar-refractivity contribution in [3.05, 3.63) is 35.2 Å². The van der Waals surface area contributed by atoms with Crippen LogP contribution in [0.5, 0.6) is 0 Å². The molecule has 2 atom stereocenters. The predicted molar refractivity (Wildman–Crippen MR) is 88.2 cm³/mol. The van der Waals surface area contributed by atoms with Gasteiger partial charge in [0, 0.05) is 11.3 Å². The third-order valence-electron chi connectivity index (χ3n) is 3.92. The Labute approximate surface area is 134 Å². The van der Waals surface area contributed by atoms with Crippen molar-refractivity contribution in [1.82, 2.24) is 5.32 Å². The first-order valence-corrected chi connectivity index (χ1v) is 8.57. The van der Waals surface area contributed by atoms with Crippen molar-refractivity contribution in [2.45, 2.75) is 31.9 Å². The summed E-state index contributed by atoms with van der Waals surface area (Å²) in [6, 6.07) is 8.23. The topological polar surface area (TPSA) is 47.6 Å². The molecular weight excluding hydrogens is 298 g/mol. The lowest BCUT2D eigenvalue weighted by atomic mass is 10.1. The number of hydrogen-bond donors (Lipinski definition) is 1. The molecule has 3 rings (SSSR count). The third-order valence-corrected chi connectivity index (χ3v) is 4.90. The monoisotopic (exact) mass is 319 g/mol. The predicted octanol–water partition coefficient (Wildman–Crippen LogP) is 3.27. The van der Waals surface area contributed by atoms with Crippen LogP contribution in [0, 0.1) is 0 Å². The normalized spacial score (nSPS) is 19.4. The minimum absolute atomic E-state index is 0.0185. The Morgan fingerprint density at radius 3 is 3.18 bits per heavy atom. The van der Waals surface area contributed by atoms with E-state index >= 15 is 0 Å². The van der Waals surface area contributed by atoms with Crippen LogP contribution in [0.4, 0.5) is 0 Å². The maximum atomic E-state index is 12.0. The van der Waals surface area contributed by atoms with E-state index in [1.54, 1.807) is 11.3 Å². The van der Waals surface area contributed by atoms with Gasteiger partial charge in [0.15, 0.2) is 0 Å². The summed E-state index contributed by atoms with van der Waals surface area (Å²) < 4.78 is 12.2. The van der Waals surface area contributed by atoms with E-state index in [1.807, 2.05) is 19.1 Å². The van der Waals surface area contributed by atoms with E-state index in [9.17, 15) is 4.79 Å². The summed E-state index contributed by atoms with van der Waals surface area (Å²) in [5.74, 6) is -0.0826. The van der Waals surface area contributed by atoms with Crippen molar-refractivity contribution in [2.75, 3.05) is 19.8 Å². The van der Waals surface area contributed by atoms with E-state index in [0.29, 0.717) is 6.61 Å². The van der Waals surface area contributed by atoms with E-state index in [2.05, 4.69) is 22.8 Å². The number of thiophene rings is 1. The first-order chi connectivity index (χ1) is 10.7. The lowest BCUT2D eigenvalue weighted by molar-refractivity contribution is -0.127. The van der Waals surface area contributed by atoms with Gasteiger partial charge in [0.25, 0.3) is 0 Å². The van der Waals surface area contributed by atoms with Gasteiger partial charge in [-0.05, 0) is 42.2 Å². The number of nitrogens with one attached hydrogen (secondary N) is 1. The highest BCUT2D eigenvalue weighted by atomic mass is 32.1. The summed E-state index contributed by atoms with van der Waals surface area (Å²) in [5, 5.41) is 6.32. The van der Waals surface area contributed by atoms with E-state index in [-0.39, 0.29) is 24.7 Å². The minimum Gasteiger partial charge on any atom is -0.376 e. The number of fused-ring (bicyclic) bond motifs is 1. The van der Waals surface area contributed by atoms with Crippen LogP contribution in [0.3, 0.4) is 0 Å². The molecular formula is C17H21NO3S. The van der Waals surface area contributed by atoms with Crippen molar-refractivity contribution in [3.63, 3.8) is 0 Å². The largest absolute Gasteiger partial charge is 0.376 e. The molecule has 0 aliphatic carbocycles. The van der Waals surface area contributed by atoms with Crippen LogP contribution >= 0.6 is 11.3 Å². The van der Waals surface area contributed by atoms with Crippen LogP contribution in [0.15, 0.2) is 29.6 Å². The fraction of sp³-hybridized carbons (Fsp3) is 0.471. The molecule has 2 heterocycles. The highest BCUT2D eigenvalue weighted by Gasteiger charge is 2.17. The Bertz CT molecular complexity index is 634. The first kappa shape index (κ1) is 15.5. The molecule has 5 heteroatoms. The minimum atomic E-state index is -0.0826. The first-order valence-electron chi connectivity index (χ1n) is 7.69. The zero-order chi connectivity index (χ0) is 15.4. The van der Waals surface area contributed by atoms with Crippen LogP contribution in [0.2, 0.25) is 0 Å². The fourth-order valence-electron chi connectivity index (χ4n) is 2.75. The molecule has 1 aromatic heterocycles. The van der Waals surface area contributed by atoms with Gasteiger partial charge in [-0.15, -0.1) is 11.3 Å². The van der Waals surface area contributed by atoms with Gasteiger partial charge in [-0.25, -0.2) is 0 Å². The highest BCUT2D eigenvalue weighted by molar-refractivity contribution is 7.17. The molecule has 1 N–H and O–H groups in total. The second-order valence-corrected chi connectivity index (χ2v) is 6.54. The van der Waals surface area contributed by atoms with Crippen LogP contribution < -0.4 is 5.32 Å². The molecule has 2 unspecified atom stereocenters. The summed E-state index contributed by atoms with van der Waals surface area (Å²) in [4.78, 5) is 12.0. The molecule has 1 saturated heterocycles. The van der Waals surface area contributed by atoms with Crippen LogP contribution in [-0.2, 0) is 14.3 Å². The van der Waals surface area contributed by atoms with Crippen LogP contribution in [-0.4, -0.2) is 31.8 Å². The third kappa shape index (κ3) is 3.66. The summed E-state index contributed by atoms with van der Waals surface area (Å²) >= 11 is 1.70. The number of benzene rings is 1. The number of rotatable bonds is 6. The van der Waals surface area contributed by atoms with Crippen LogP contribution in [0.1, 0.15) is 31.4 Å². The summed E-state index contributed by atoms with van der Waals surface area (Å²) in [6.07, 6.45) is 2.27. The molecule has 1 aromatic carbocycles. The molecule has 4 nitrogen and oxygen atoms in total. The van der Waals surface area contributed by atoms with Gasteiger partial charge in [0.05, 0.1) is 18.8 Å². The van der Waals surface area contributed by atoms with E-state index in [4.69, 9.17) is 9.47 Å². The fourth-order valence-corrected chi connectivity index (χ4v) is 3.81. The quantitative estimate of drug-likeness (QED) is 0.889. The van der Waals surface area contributed by atoms with Gasteiger partial charge in [0.1, 0.15) is 6.61 Å². The summed E-state index contributed by atoms with van der Waals surface area (Å²) in [6.45, 7) is 3.41. The molecule has 0 spiro atoms. The van der Waals surface area contributed by atoms with Crippen molar-refractivity contribution in [3.8, 4) is 0 Å². The Hall–Kier alpha value is -1.43. The molecule has 1 aliphatic rings. The molecule has 22 heavy (non-hydrogen) atoms. The van der Waals surface area contributed by atoms with E-state index in [0.717, 1.165) is 25.0 Å². The standard InChI is InChI=1S/C17H21NO3S/c1-12(15-11-22-16-7-3-2-6-14(15)16)18-17(19)10-20-9-13-5-4-8-21-13/h2-3,6-7,11-13H,4-5,8-10H2,1H3,(H,18,19). The van der Waals surface area contributed by atoms with Crippen molar-refractivity contribution >= 4 is 27.3 Å². The van der Waals surface area contributed by atoms with Gasteiger partial charge < -0.3 is 14.8 Å². The average molecular weight is 319 g/mol. The molecule has 0 radical (unpaired) electrons. The molecule has 1 amide bonds. The number of ether oxygens (including phenoxy) is 2. The Kier molecular flexibility index (Phi) is 5.08. The van der Waals surface area contributed by atoms with Crippen LogP contribution in [0.25, 0.3) is 10.1 Å². The van der Waals surface area contributed by atoms with Gasteiger partial charge >= 0.3 is 0 Å². The summed E-state index contributed by atoms with van der Waals surface area (Å²) in [5.41, 5.74) is 1.16. The van der Waals surface area contributed by atoms with E-state index < -0.39 is 0 Å². The van der Waals surface area contributed by atoms with Crippen molar-refractivity contribution < 1.29 is 14.3 Å². The average Bonchev–Trinajstić information content (AvgIpc) is 3.16. The van der Waals surface area contributed by atoms with Crippen molar-refractivity contribution in [2.24, 2.45) is 0 Å². The Morgan fingerprint density at radius 2 is 2.36 bits per heavy atom.